The molecule has 0 radical (unpaired) electrons. The number of aromatic nitrogens is 3. The Morgan fingerprint density at radius 2 is 1.87 bits per heavy atom. The number of H-pyrrole nitrogens is 1. The fraction of sp³-hybridized carbons (Fsp3) is 0.348. The van der Waals surface area contributed by atoms with Gasteiger partial charge in [0.25, 0.3) is 0 Å². The molecule has 1 amide bonds. The van der Waals surface area contributed by atoms with E-state index in [1.807, 2.05) is 48.8 Å². The number of thioether (sulfide) groups is 1. The summed E-state index contributed by atoms with van der Waals surface area (Å²) in [5.74, 6) is 1.39. The molecule has 4 rings (SSSR count). The Balaban J connectivity index is 1.16. The Labute approximate surface area is 186 Å². The quantitative estimate of drug-likeness (QED) is 0.540. The zero-order chi connectivity index (χ0) is 21.3. The van der Waals surface area contributed by atoms with Gasteiger partial charge in [-0.25, -0.2) is 9.78 Å². The molecule has 0 saturated carbocycles. The van der Waals surface area contributed by atoms with Crippen molar-refractivity contribution < 1.29 is 9.53 Å². The summed E-state index contributed by atoms with van der Waals surface area (Å²) in [4.78, 5) is 28.3. The minimum atomic E-state index is -0.272. The summed E-state index contributed by atoms with van der Waals surface area (Å²) in [6.07, 6.45) is 7.18. The molecule has 0 aliphatic carbocycles. The molecule has 7 nitrogen and oxygen atoms in total. The highest BCUT2D eigenvalue weighted by Crippen LogP contribution is 2.21. The van der Waals surface area contributed by atoms with Crippen LogP contribution in [0.1, 0.15) is 17.7 Å². The molecule has 3 heterocycles. The van der Waals surface area contributed by atoms with Crippen molar-refractivity contribution in [2.75, 3.05) is 32.7 Å². The van der Waals surface area contributed by atoms with Crippen LogP contribution in [0.15, 0.2) is 66.2 Å². The van der Waals surface area contributed by atoms with Gasteiger partial charge in [0.05, 0.1) is 0 Å². The van der Waals surface area contributed by atoms with Crippen molar-refractivity contribution in [1.82, 2.24) is 24.8 Å². The lowest BCUT2D eigenvalue weighted by molar-refractivity contribution is 0.110. The molecule has 2 aromatic heterocycles. The van der Waals surface area contributed by atoms with E-state index in [0.717, 1.165) is 54.6 Å². The second kappa shape index (κ2) is 11.0. The summed E-state index contributed by atoms with van der Waals surface area (Å²) < 4.78 is 5.57. The third-order valence-electron chi connectivity index (χ3n) is 5.24. The van der Waals surface area contributed by atoms with Gasteiger partial charge in [0.15, 0.2) is 5.16 Å². The maximum Gasteiger partial charge on any atom is 0.415 e. The number of ether oxygens (including phenoxy) is 1. The molecular weight excluding hydrogens is 410 g/mol. The van der Waals surface area contributed by atoms with E-state index >= 15 is 0 Å². The van der Waals surface area contributed by atoms with Crippen LogP contribution in [0.4, 0.5) is 4.79 Å². The molecule has 0 unspecified atom stereocenters. The number of amides is 1. The van der Waals surface area contributed by atoms with Crippen LogP contribution in [0, 0.1) is 0 Å². The maximum atomic E-state index is 12.5. The van der Waals surface area contributed by atoms with Crippen LogP contribution < -0.4 is 4.74 Å². The number of aryl methyl sites for hydroxylation is 1. The van der Waals surface area contributed by atoms with Gasteiger partial charge in [-0.2, -0.15) is 0 Å². The minimum Gasteiger partial charge on any atom is -0.410 e. The second-order valence-corrected chi connectivity index (χ2v) is 8.41. The summed E-state index contributed by atoms with van der Waals surface area (Å²) in [6, 6.07) is 13.7. The average Bonchev–Trinajstić information content (AvgIpc) is 3.34. The topological polar surface area (TPSA) is 74.3 Å². The van der Waals surface area contributed by atoms with Crippen LogP contribution in [-0.2, 0) is 12.2 Å². The highest BCUT2D eigenvalue weighted by molar-refractivity contribution is 7.98. The predicted molar refractivity (Wildman–Crippen MR) is 121 cm³/mol. The number of hydrogen-bond donors (Lipinski definition) is 1. The van der Waals surface area contributed by atoms with Gasteiger partial charge in [-0.3, -0.25) is 9.88 Å². The number of carbonyl (C=O) groups excluding carboxylic acids is 1. The Bertz CT molecular complexity index is 926. The van der Waals surface area contributed by atoms with Crippen LogP contribution in [-0.4, -0.2) is 63.6 Å². The Morgan fingerprint density at radius 1 is 1.03 bits per heavy atom. The van der Waals surface area contributed by atoms with Gasteiger partial charge in [0.2, 0.25) is 0 Å². The zero-order valence-corrected chi connectivity index (χ0v) is 18.3. The molecule has 1 N–H and O–H groups in total. The zero-order valence-electron chi connectivity index (χ0n) is 17.4. The van der Waals surface area contributed by atoms with E-state index in [1.54, 1.807) is 22.9 Å². The third-order valence-corrected chi connectivity index (χ3v) is 6.22. The number of rotatable bonds is 8. The molecule has 0 atom stereocenters. The van der Waals surface area contributed by atoms with Crippen LogP contribution in [0.3, 0.4) is 0 Å². The van der Waals surface area contributed by atoms with Crippen LogP contribution in [0.5, 0.6) is 5.75 Å². The number of hydrogen-bond acceptors (Lipinski definition) is 6. The lowest BCUT2D eigenvalue weighted by Gasteiger charge is -2.34. The van der Waals surface area contributed by atoms with Crippen molar-refractivity contribution >= 4 is 17.9 Å². The summed E-state index contributed by atoms with van der Waals surface area (Å²) in [5, 5.41) is 0.895. The van der Waals surface area contributed by atoms with Gasteiger partial charge in [-0.05, 0) is 49.2 Å². The van der Waals surface area contributed by atoms with Crippen molar-refractivity contribution in [2.24, 2.45) is 0 Å². The molecule has 3 aromatic rings. The fourth-order valence-corrected chi connectivity index (χ4v) is 4.27. The Kier molecular flexibility index (Phi) is 7.57. The van der Waals surface area contributed by atoms with E-state index in [-0.39, 0.29) is 6.09 Å². The first kappa shape index (κ1) is 21.4. The van der Waals surface area contributed by atoms with Crippen LogP contribution in [0.2, 0.25) is 0 Å². The molecular formula is C23H27N5O2S. The summed E-state index contributed by atoms with van der Waals surface area (Å²) in [7, 11) is 0. The third kappa shape index (κ3) is 6.57. The molecule has 8 heteroatoms. The summed E-state index contributed by atoms with van der Waals surface area (Å²) >= 11 is 1.64. The van der Waals surface area contributed by atoms with Crippen LogP contribution in [0.25, 0.3) is 0 Å². The van der Waals surface area contributed by atoms with E-state index < -0.39 is 0 Å². The monoisotopic (exact) mass is 437 g/mol. The predicted octanol–water partition coefficient (Wildman–Crippen LogP) is 3.85. The SMILES string of the molecule is O=C(Oc1ccc(CSc2ncc[nH]2)cc1)N1CCN(CCCc2ccccn2)CC1. The molecule has 1 aliphatic heterocycles. The highest BCUT2D eigenvalue weighted by Gasteiger charge is 2.22. The maximum absolute atomic E-state index is 12.5. The number of nitrogens with one attached hydrogen (secondary N) is 1. The van der Waals surface area contributed by atoms with Crippen molar-refractivity contribution in [3.63, 3.8) is 0 Å². The van der Waals surface area contributed by atoms with E-state index in [2.05, 4.69) is 25.9 Å². The number of imidazole rings is 1. The van der Waals surface area contributed by atoms with E-state index in [0.29, 0.717) is 18.8 Å². The minimum absolute atomic E-state index is 0.272. The molecule has 1 aliphatic rings. The second-order valence-electron chi connectivity index (χ2n) is 7.45. The Morgan fingerprint density at radius 3 is 2.58 bits per heavy atom. The van der Waals surface area contributed by atoms with Crippen molar-refractivity contribution in [3.05, 3.63) is 72.3 Å². The van der Waals surface area contributed by atoms with Crippen LogP contribution >= 0.6 is 11.8 Å². The number of piperazine rings is 1. The number of benzene rings is 1. The van der Waals surface area contributed by atoms with Gasteiger partial charge in [-0.15, -0.1) is 0 Å². The normalized spacial score (nSPS) is 14.5. The first-order valence-corrected chi connectivity index (χ1v) is 11.5. The summed E-state index contributed by atoms with van der Waals surface area (Å²) in [6.45, 7) is 4.16. The summed E-state index contributed by atoms with van der Waals surface area (Å²) in [5.41, 5.74) is 2.29. The molecule has 1 aromatic carbocycles. The Hall–Kier alpha value is -2.84. The van der Waals surface area contributed by atoms with E-state index in [1.165, 1.54) is 0 Å². The largest absolute Gasteiger partial charge is 0.415 e. The number of nitrogens with zero attached hydrogens (tertiary/aromatic N) is 4. The molecule has 1 saturated heterocycles. The molecule has 0 spiro atoms. The molecule has 1 fully saturated rings. The van der Waals surface area contributed by atoms with Gasteiger partial charge in [0.1, 0.15) is 5.75 Å². The standard InChI is InChI=1S/C23H27N5O2S/c29-23(30-21-8-6-19(7-9-21)18-31-22-25-11-12-26-22)28-16-14-27(15-17-28)13-3-5-20-4-1-2-10-24-20/h1-2,4,6-12H,3,5,13-18H2,(H,25,26). The van der Waals surface area contributed by atoms with Crippen molar-refractivity contribution in [3.8, 4) is 5.75 Å². The lowest BCUT2D eigenvalue weighted by atomic mass is 10.2. The molecule has 0 bridgehead atoms. The van der Waals surface area contributed by atoms with Gasteiger partial charge in [-0.1, -0.05) is 30.0 Å². The van der Waals surface area contributed by atoms with E-state index in [4.69, 9.17) is 4.74 Å². The lowest BCUT2D eigenvalue weighted by Crippen LogP contribution is -2.49. The first-order valence-electron chi connectivity index (χ1n) is 10.6. The smallest absolute Gasteiger partial charge is 0.410 e. The van der Waals surface area contributed by atoms with Gasteiger partial charge < -0.3 is 14.6 Å². The average molecular weight is 438 g/mol. The highest BCUT2D eigenvalue weighted by atomic mass is 32.2. The number of pyridine rings is 1. The molecule has 162 valence electrons. The number of aromatic amines is 1. The van der Waals surface area contributed by atoms with E-state index in [9.17, 15) is 4.79 Å². The number of carbonyl (C=O) groups is 1. The molecule has 31 heavy (non-hydrogen) atoms. The fourth-order valence-electron chi connectivity index (χ4n) is 3.48. The van der Waals surface area contributed by atoms with Gasteiger partial charge in [0, 0.05) is 56.2 Å². The first-order chi connectivity index (χ1) is 15.3. The van der Waals surface area contributed by atoms with Gasteiger partial charge >= 0.3 is 6.09 Å². The van der Waals surface area contributed by atoms with Crippen molar-refractivity contribution in [2.45, 2.75) is 23.8 Å². The van der Waals surface area contributed by atoms with Crippen molar-refractivity contribution in [1.29, 1.82) is 0 Å².